The Morgan fingerprint density at radius 1 is 1.41 bits per heavy atom. The van der Waals surface area contributed by atoms with Crippen molar-refractivity contribution in [1.82, 2.24) is 5.32 Å². The van der Waals surface area contributed by atoms with Gasteiger partial charge in [-0.15, -0.1) is 23.1 Å². The van der Waals surface area contributed by atoms with Crippen molar-refractivity contribution in [2.75, 3.05) is 6.54 Å². The second-order valence-electron chi connectivity index (χ2n) is 3.91. The van der Waals surface area contributed by atoms with Gasteiger partial charge in [0.15, 0.2) is 0 Å². The molecule has 0 fully saturated rings. The highest BCUT2D eigenvalue weighted by atomic mass is 32.2. The van der Waals surface area contributed by atoms with Gasteiger partial charge in [0.05, 0.1) is 12.0 Å². The molecule has 0 bridgehead atoms. The summed E-state index contributed by atoms with van der Waals surface area (Å²) in [6.07, 6.45) is 1.73. The molecule has 2 rings (SSSR count). The van der Waals surface area contributed by atoms with Gasteiger partial charge in [0.1, 0.15) is 5.76 Å². The second kappa shape index (κ2) is 6.89. The lowest BCUT2D eigenvalue weighted by atomic mass is 10.4. The van der Waals surface area contributed by atoms with E-state index in [1.807, 2.05) is 23.9 Å². The maximum absolute atomic E-state index is 5.31. The van der Waals surface area contributed by atoms with Crippen molar-refractivity contribution in [3.63, 3.8) is 0 Å². The molecule has 2 heterocycles. The molecule has 2 aromatic rings. The van der Waals surface area contributed by atoms with Gasteiger partial charge >= 0.3 is 0 Å². The third kappa shape index (κ3) is 4.58. The molecule has 0 amide bonds. The Labute approximate surface area is 110 Å². The fraction of sp³-hybridized carbons (Fsp3) is 0.385. The van der Waals surface area contributed by atoms with Gasteiger partial charge in [-0.25, -0.2) is 0 Å². The zero-order valence-electron chi connectivity index (χ0n) is 9.89. The normalized spacial score (nSPS) is 12.8. The van der Waals surface area contributed by atoms with Gasteiger partial charge in [-0.2, -0.15) is 0 Å². The molecule has 1 unspecified atom stereocenters. The van der Waals surface area contributed by atoms with E-state index in [1.165, 1.54) is 4.88 Å². The van der Waals surface area contributed by atoms with Crippen LogP contribution in [-0.4, -0.2) is 11.8 Å². The van der Waals surface area contributed by atoms with Gasteiger partial charge in [0.25, 0.3) is 0 Å². The lowest BCUT2D eigenvalue weighted by molar-refractivity contribution is 0.530. The minimum Gasteiger partial charge on any atom is -0.468 e. The summed E-state index contributed by atoms with van der Waals surface area (Å²) >= 11 is 3.72. The standard InChI is InChI=1S/C13H17NOS2/c1-11(17-10-12-4-2-6-15-12)8-14-9-13-5-3-7-16-13/h2-7,11,14H,8-10H2,1H3. The third-order valence-corrected chi connectivity index (χ3v) is 4.46. The highest BCUT2D eigenvalue weighted by Crippen LogP contribution is 2.17. The van der Waals surface area contributed by atoms with Crippen LogP contribution < -0.4 is 5.32 Å². The van der Waals surface area contributed by atoms with Crippen molar-refractivity contribution in [3.8, 4) is 0 Å². The number of nitrogens with one attached hydrogen (secondary N) is 1. The molecule has 2 nitrogen and oxygen atoms in total. The highest BCUT2D eigenvalue weighted by Gasteiger charge is 2.04. The smallest absolute Gasteiger partial charge is 0.113 e. The fourth-order valence-corrected chi connectivity index (χ4v) is 3.01. The zero-order chi connectivity index (χ0) is 11.9. The maximum Gasteiger partial charge on any atom is 0.113 e. The Morgan fingerprint density at radius 3 is 3.06 bits per heavy atom. The zero-order valence-corrected chi connectivity index (χ0v) is 11.5. The van der Waals surface area contributed by atoms with Crippen LogP contribution in [0.25, 0.3) is 0 Å². The molecule has 0 aliphatic rings. The summed E-state index contributed by atoms with van der Waals surface area (Å²) in [7, 11) is 0. The molecule has 0 aliphatic heterocycles. The quantitative estimate of drug-likeness (QED) is 0.827. The Bertz CT molecular complexity index is 397. The summed E-state index contributed by atoms with van der Waals surface area (Å²) in [5.41, 5.74) is 0. The second-order valence-corrected chi connectivity index (χ2v) is 6.37. The Morgan fingerprint density at radius 2 is 2.35 bits per heavy atom. The van der Waals surface area contributed by atoms with Crippen molar-refractivity contribution < 1.29 is 4.42 Å². The first kappa shape index (κ1) is 12.7. The van der Waals surface area contributed by atoms with Crippen LogP contribution >= 0.6 is 23.1 Å². The summed E-state index contributed by atoms with van der Waals surface area (Å²) in [5, 5.41) is 6.19. The van der Waals surface area contributed by atoms with Crippen LogP contribution in [0.3, 0.4) is 0 Å². The number of hydrogen-bond donors (Lipinski definition) is 1. The van der Waals surface area contributed by atoms with E-state index in [2.05, 4.69) is 29.8 Å². The van der Waals surface area contributed by atoms with Gasteiger partial charge in [-0.3, -0.25) is 0 Å². The molecule has 1 N–H and O–H groups in total. The van der Waals surface area contributed by atoms with E-state index in [9.17, 15) is 0 Å². The van der Waals surface area contributed by atoms with Crippen LogP contribution in [-0.2, 0) is 12.3 Å². The topological polar surface area (TPSA) is 25.2 Å². The summed E-state index contributed by atoms with van der Waals surface area (Å²) < 4.78 is 5.31. The molecule has 92 valence electrons. The Balaban J connectivity index is 1.59. The molecule has 2 aromatic heterocycles. The van der Waals surface area contributed by atoms with Crippen LogP contribution in [0.4, 0.5) is 0 Å². The number of thiophene rings is 1. The fourth-order valence-electron chi connectivity index (χ4n) is 1.49. The van der Waals surface area contributed by atoms with Crippen molar-refractivity contribution in [1.29, 1.82) is 0 Å². The molecule has 17 heavy (non-hydrogen) atoms. The predicted octanol–water partition coefficient (Wildman–Crippen LogP) is 3.75. The monoisotopic (exact) mass is 267 g/mol. The van der Waals surface area contributed by atoms with E-state index in [4.69, 9.17) is 4.42 Å². The van der Waals surface area contributed by atoms with Crippen molar-refractivity contribution in [2.45, 2.75) is 24.5 Å². The number of furan rings is 1. The third-order valence-electron chi connectivity index (χ3n) is 2.40. The Hall–Kier alpha value is -0.710. The van der Waals surface area contributed by atoms with Gasteiger partial charge in [-0.1, -0.05) is 13.0 Å². The maximum atomic E-state index is 5.31. The van der Waals surface area contributed by atoms with Crippen molar-refractivity contribution in [2.24, 2.45) is 0 Å². The molecule has 0 aromatic carbocycles. The van der Waals surface area contributed by atoms with E-state index in [0.717, 1.165) is 24.6 Å². The predicted molar refractivity (Wildman–Crippen MR) is 75.5 cm³/mol. The summed E-state index contributed by atoms with van der Waals surface area (Å²) in [5.74, 6) is 2.01. The number of rotatable bonds is 7. The van der Waals surface area contributed by atoms with E-state index in [0.29, 0.717) is 5.25 Å². The molecule has 0 spiro atoms. The van der Waals surface area contributed by atoms with E-state index in [-0.39, 0.29) is 0 Å². The summed E-state index contributed by atoms with van der Waals surface area (Å²) in [6, 6.07) is 8.23. The average Bonchev–Trinajstić information content (AvgIpc) is 2.99. The van der Waals surface area contributed by atoms with Crippen molar-refractivity contribution in [3.05, 3.63) is 46.5 Å². The first-order chi connectivity index (χ1) is 8.34. The molecule has 0 aliphatic carbocycles. The average molecular weight is 267 g/mol. The largest absolute Gasteiger partial charge is 0.468 e. The van der Waals surface area contributed by atoms with E-state index in [1.54, 1.807) is 17.6 Å². The van der Waals surface area contributed by atoms with Crippen molar-refractivity contribution >= 4 is 23.1 Å². The summed E-state index contributed by atoms with van der Waals surface area (Å²) in [4.78, 5) is 1.40. The van der Waals surface area contributed by atoms with Crippen LogP contribution in [0, 0.1) is 0 Å². The van der Waals surface area contributed by atoms with Gasteiger partial charge in [-0.05, 0) is 23.6 Å². The molecular formula is C13H17NOS2. The van der Waals surface area contributed by atoms with E-state index < -0.39 is 0 Å². The van der Waals surface area contributed by atoms with Gasteiger partial charge < -0.3 is 9.73 Å². The Kier molecular flexibility index (Phi) is 5.16. The summed E-state index contributed by atoms with van der Waals surface area (Å²) in [6.45, 7) is 4.25. The van der Waals surface area contributed by atoms with Gasteiger partial charge in [0, 0.05) is 23.2 Å². The lowest BCUT2D eigenvalue weighted by Crippen LogP contribution is -2.21. The first-order valence-corrected chi connectivity index (χ1v) is 7.64. The highest BCUT2D eigenvalue weighted by molar-refractivity contribution is 7.99. The van der Waals surface area contributed by atoms with Crippen LogP contribution in [0.1, 0.15) is 17.6 Å². The molecule has 1 atom stereocenters. The first-order valence-electron chi connectivity index (χ1n) is 5.71. The van der Waals surface area contributed by atoms with E-state index >= 15 is 0 Å². The van der Waals surface area contributed by atoms with Gasteiger partial charge in [0.2, 0.25) is 0 Å². The minimum atomic E-state index is 0.597. The minimum absolute atomic E-state index is 0.597. The number of hydrogen-bond acceptors (Lipinski definition) is 4. The number of thioether (sulfide) groups is 1. The lowest BCUT2D eigenvalue weighted by Gasteiger charge is -2.10. The van der Waals surface area contributed by atoms with Crippen LogP contribution in [0.5, 0.6) is 0 Å². The molecule has 4 heteroatoms. The molecule has 0 radical (unpaired) electrons. The van der Waals surface area contributed by atoms with Crippen LogP contribution in [0.2, 0.25) is 0 Å². The molecular weight excluding hydrogens is 250 g/mol. The molecule has 0 saturated carbocycles. The SMILES string of the molecule is CC(CNCc1cccs1)SCc1ccco1. The molecule has 0 saturated heterocycles. The van der Waals surface area contributed by atoms with Crippen LogP contribution in [0.15, 0.2) is 40.3 Å².